The van der Waals surface area contributed by atoms with E-state index in [0.29, 0.717) is 24.4 Å². The van der Waals surface area contributed by atoms with Crippen molar-refractivity contribution < 1.29 is 19.2 Å². The molecule has 0 bridgehead atoms. The van der Waals surface area contributed by atoms with E-state index in [2.05, 4.69) is 0 Å². The standard InChI is InChI=1S/C14H17NO4/c1-15(5-6-16)9-10-7-14(17)19-13-8-11(18-2)3-4-12(10)13/h3-4,7-8,16H,5-6,9H2,1-2H3/p+1. The van der Waals surface area contributed by atoms with Crippen LogP contribution in [0.4, 0.5) is 0 Å². The number of hydrogen-bond donors (Lipinski definition) is 2. The van der Waals surface area contributed by atoms with Crippen molar-refractivity contribution in [3.05, 3.63) is 40.2 Å². The Morgan fingerprint density at radius 1 is 1.37 bits per heavy atom. The summed E-state index contributed by atoms with van der Waals surface area (Å²) < 4.78 is 10.3. The Labute approximate surface area is 111 Å². The van der Waals surface area contributed by atoms with Gasteiger partial charge in [0.1, 0.15) is 24.4 Å². The molecule has 1 unspecified atom stereocenters. The molecule has 2 N–H and O–H groups in total. The lowest BCUT2D eigenvalue weighted by Crippen LogP contribution is -3.08. The summed E-state index contributed by atoms with van der Waals surface area (Å²) >= 11 is 0. The van der Waals surface area contributed by atoms with Crippen LogP contribution in [0.3, 0.4) is 0 Å². The van der Waals surface area contributed by atoms with Crippen LogP contribution < -0.4 is 15.3 Å². The van der Waals surface area contributed by atoms with Gasteiger partial charge in [0.25, 0.3) is 0 Å². The fourth-order valence-electron chi connectivity index (χ4n) is 2.09. The lowest BCUT2D eigenvalue weighted by molar-refractivity contribution is -0.893. The van der Waals surface area contributed by atoms with E-state index in [0.717, 1.165) is 15.8 Å². The van der Waals surface area contributed by atoms with E-state index < -0.39 is 0 Å². The van der Waals surface area contributed by atoms with Crippen LogP contribution >= 0.6 is 0 Å². The summed E-state index contributed by atoms with van der Waals surface area (Å²) in [4.78, 5) is 12.7. The predicted octanol–water partition coefficient (Wildman–Crippen LogP) is -0.191. The highest BCUT2D eigenvalue weighted by molar-refractivity contribution is 5.81. The Morgan fingerprint density at radius 3 is 2.84 bits per heavy atom. The van der Waals surface area contributed by atoms with Gasteiger partial charge in [0.05, 0.1) is 20.8 Å². The van der Waals surface area contributed by atoms with E-state index in [1.165, 1.54) is 6.07 Å². The summed E-state index contributed by atoms with van der Waals surface area (Å²) in [5, 5.41) is 9.83. The Kier molecular flexibility index (Phi) is 4.19. The van der Waals surface area contributed by atoms with Gasteiger partial charge >= 0.3 is 5.63 Å². The molecule has 0 aliphatic heterocycles. The molecule has 1 aromatic heterocycles. The van der Waals surface area contributed by atoms with Crippen molar-refractivity contribution in [2.75, 3.05) is 27.3 Å². The molecule has 0 amide bonds. The monoisotopic (exact) mass is 264 g/mol. The average Bonchev–Trinajstić information content (AvgIpc) is 2.37. The van der Waals surface area contributed by atoms with Gasteiger partial charge in [-0.1, -0.05) is 0 Å². The largest absolute Gasteiger partial charge is 0.497 e. The summed E-state index contributed by atoms with van der Waals surface area (Å²) in [6.45, 7) is 1.42. The lowest BCUT2D eigenvalue weighted by Gasteiger charge is -2.13. The molecule has 1 atom stereocenters. The Bertz CT molecular complexity index is 620. The maximum atomic E-state index is 11.6. The molecule has 2 aromatic rings. The summed E-state index contributed by atoms with van der Waals surface area (Å²) in [5.74, 6) is 0.656. The summed E-state index contributed by atoms with van der Waals surface area (Å²) in [6.07, 6.45) is 0. The predicted molar refractivity (Wildman–Crippen MR) is 71.6 cm³/mol. The second-order valence-electron chi connectivity index (χ2n) is 4.56. The molecular formula is C14H18NO4+. The lowest BCUT2D eigenvalue weighted by atomic mass is 10.1. The molecule has 2 rings (SSSR count). The molecule has 0 aliphatic carbocycles. The minimum Gasteiger partial charge on any atom is -0.497 e. The molecule has 0 saturated carbocycles. The van der Waals surface area contributed by atoms with E-state index in [1.807, 2.05) is 19.2 Å². The topological polar surface area (TPSA) is 64.1 Å². The van der Waals surface area contributed by atoms with Crippen LogP contribution in [0.5, 0.6) is 5.75 Å². The number of aliphatic hydroxyl groups excluding tert-OH is 1. The zero-order valence-corrected chi connectivity index (χ0v) is 11.1. The summed E-state index contributed by atoms with van der Waals surface area (Å²) in [5.41, 5.74) is 1.08. The minimum absolute atomic E-state index is 0.124. The molecule has 1 heterocycles. The van der Waals surface area contributed by atoms with Gasteiger partial charge in [-0.05, 0) is 12.1 Å². The fraction of sp³-hybridized carbons (Fsp3) is 0.357. The summed E-state index contributed by atoms with van der Waals surface area (Å²) in [6, 6.07) is 6.95. The number of benzene rings is 1. The normalized spacial score (nSPS) is 12.6. The average molecular weight is 264 g/mol. The van der Waals surface area contributed by atoms with E-state index in [9.17, 15) is 4.79 Å². The van der Waals surface area contributed by atoms with Crippen molar-refractivity contribution in [1.29, 1.82) is 0 Å². The Morgan fingerprint density at radius 2 is 2.16 bits per heavy atom. The third-order valence-corrected chi connectivity index (χ3v) is 3.07. The number of methoxy groups -OCH3 is 1. The van der Waals surface area contributed by atoms with Crippen LogP contribution in [0, 0.1) is 0 Å². The van der Waals surface area contributed by atoms with Crippen LogP contribution in [-0.4, -0.2) is 32.4 Å². The Balaban J connectivity index is 2.45. The molecule has 102 valence electrons. The van der Waals surface area contributed by atoms with Gasteiger partial charge in [0, 0.05) is 23.1 Å². The highest BCUT2D eigenvalue weighted by atomic mass is 16.5. The highest BCUT2D eigenvalue weighted by Crippen LogP contribution is 2.21. The van der Waals surface area contributed by atoms with E-state index in [4.69, 9.17) is 14.3 Å². The van der Waals surface area contributed by atoms with Gasteiger partial charge in [-0.15, -0.1) is 0 Å². The molecule has 19 heavy (non-hydrogen) atoms. The van der Waals surface area contributed by atoms with E-state index in [-0.39, 0.29) is 12.2 Å². The number of likely N-dealkylation sites (N-methyl/N-ethyl adjacent to an activating group) is 1. The summed E-state index contributed by atoms with van der Waals surface area (Å²) in [7, 11) is 3.54. The Hall–Kier alpha value is -1.85. The number of aliphatic hydroxyl groups is 1. The van der Waals surface area contributed by atoms with E-state index in [1.54, 1.807) is 13.2 Å². The smallest absolute Gasteiger partial charge is 0.336 e. The number of quaternary nitrogens is 1. The quantitative estimate of drug-likeness (QED) is 0.735. The minimum atomic E-state index is -0.368. The number of hydrogen-bond acceptors (Lipinski definition) is 4. The second-order valence-corrected chi connectivity index (χ2v) is 4.56. The SMILES string of the molecule is COc1ccc2c(C[NH+](C)CCO)cc(=O)oc2c1. The van der Waals surface area contributed by atoms with Gasteiger partial charge in [-0.3, -0.25) is 0 Å². The number of rotatable bonds is 5. The highest BCUT2D eigenvalue weighted by Gasteiger charge is 2.11. The van der Waals surface area contributed by atoms with Crippen LogP contribution in [0.25, 0.3) is 11.0 Å². The molecule has 0 aliphatic rings. The third-order valence-electron chi connectivity index (χ3n) is 3.07. The van der Waals surface area contributed by atoms with E-state index >= 15 is 0 Å². The molecule has 5 nitrogen and oxygen atoms in total. The molecule has 0 spiro atoms. The maximum absolute atomic E-state index is 11.6. The van der Waals surface area contributed by atoms with Crippen LogP contribution in [0.1, 0.15) is 5.56 Å². The van der Waals surface area contributed by atoms with Crippen molar-refractivity contribution in [2.45, 2.75) is 6.54 Å². The number of nitrogens with one attached hydrogen (secondary N) is 1. The van der Waals surface area contributed by atoms with Gasteiger partial charge < -0.3 is 19.2 Å². The van der Waals surface area contributed by atoms with Crippen molar-refractivity contribution in [3.8, 4) is 5.75 Å². The van der Waals surface area contributed by atoms with Gasteiger partial charge in [0.2, 0.25) is 0 Å². The number of ether oxygens (including phenoxy) is 1. The third kappa shape index (κ3) is 3.13. The first-order chi connectivity index (χ1) is 9.13. The fourth-order valence-corrected chi connectivity index (χ4v) is 2.09. The zero-order chi connectivity index (χ0) is 13.8. The first-order valence-electron chi connectivity index (χ1n) is 6.17. The second kappa shape index (κ2) is 5.86. The van der Waals surface area contributed by atoms with Crippen LogP contribution in [-0.2, 0) is 6.54 Å². The van der Waals surface area contributed by atoms with Crippen LogP contribution in [0.15, 0.2) is 33.5 Å². The first-order valence-corrected chi connectivity index (χ1v) is 6.17. The molecule has 5 heteroatoms. The number of fused-ring (bicyclic) bond motifs is 1. The molecular weight excluding hydrogens is 246 g/mol. The van der Waals surface area contributed by atoms with Gasteiger partial charge in [0.15, 0.2) is 0 Å². The van der Waals surface area contributed by atoms with Crippen molar-refractivity contribution in [1.82, 2.24) is 0 Å². The first kappa shape index (κ1) is 13.6. The maximum Gasteiger partial charge on any atom is 0.336 e. The molecule has 0 radical (unpaired) electrons. The van der Waals surface area contributed by atoms with Gasteiger partial charge in [-0.25, -0.2) is 4.79 Å². The molecule has 1 aromatic carbocycles. The van der Waals surface area contributed by atoms with Crippen molar-refractivity contribution in [2.24, 2.45) is 0 Å². The zero-order valence-electron chi connectivity index (χ0n) is 11.1. The van der Waals surface area contributed by atoms with Crippen LogP contribution in [0.2, 0.25) is 0 Å². The molecule has 0 fully saturated rings. The van der Waals surface area contributed by atoms with Crippen molar-refractivity contribution >= 4 is 11.0 Å². The van der Waals surface area contributed by atoms with Crippen molar-refractivity contribution in [3.63, 3.8) is 0 Å². The molecule has 0 saturated heterocycles. The van der Waals surface area contributed by atoms with Gasteiger partial charge in [-0.2, -0.15) is 0 Å².